The lowest BCUT2D eigenvalue weighted by molar-refractivity contribution is -0.115. The Morgan fingerprint density at radius 3 is 2.88 bits per heavy atom. The van der Waals surface area contributed by atoms with Gasteiger partial charge in [0.05, 0.1) is 17.1 Å². The first-order valence-corrected chi connectivity index (χ1v) is 9.28. The van der Waals surface area contributed by atoms with Gasteiger partial charge < -0.3 is 0 Å². The quantitative estimate of drug-likeness (QED) is 0.689. The summed E-state index contributed by atoms with van der Waals surface area (Å²) in [4.78, 5) is 20.7. The number of hydrogen-bond acceptors (Lipinski definition) is 5. The smallest absolute Gasteiger partial charge is 0.242 e. The van der Waals surface area contributed by atoms with Crippen LogP contribution in [0.1, 0.15) is 0 Å². The number of para-hydroxylation sites is 1. The van der Waals surface area contributed by atoms with Crippen molar-refractivity contribution in [2.24, 2.45) is 0 Å². The molecule has 1 aliphatic rings. The van der Waals surface area contributed by atoms with Crippen LogP contribution >= 0.6 is 35.1 Å². The van der Waals surface area contributed by atoms with Gasteiger partial charge in [0.25, 0.3) is 0 Å². The van der Waals surface area contributed by atoms with E-state index < -0.39 is 0 Å². The summed E-state index contributed by atoms with van der Waals surface area (Å²) in [6.07, 6.45) is 1.43. The number of carbonyl (C=O) groups excluding carboxylic acids is 1. The SMILES string of the molecule is O=C(CSc1ncn[nH]1)N1c2ccccc2Sc2ccc(Cl)cc21. The van der Waals surface area contributed by atoms with Crippen LogP contribution in [0.5, 0.6) is 0 Å². The van der Waals surface area contributed by atoms with Gasteiger partial charge in [-0.05, 0) is 30.3 Å². The molecule has 3 aromatic rings. The van der Waals surface area contributed by atoms with E-state index in [1.807, 2.05) is 42.5 Å². The van der Waals surface area contributed by atoms with E-state index in [0.717, 1.165) is 21.2 Å². The molecule has 1 N–H and O–H groups in total. The summed E-state index contributed by atoms with van der Waals surface area (Å²) in [5, 5.41) is 7.77. The van der Waals surface area contributed by atoms with Gasteiger partial charge in [0, 0.05) is 14.8 Å². The van der Waals surface area contributed by atoms with Gasteiger partial charge in [-0.2, -0.15) is 5.10 Å². The molecular weight excluding hydrogens is 364 g/mol. The molecule has 0 radical (unpaired) electrons. The molecule has 2 aromatic carbocycles. The van der Waals surface area contributed by atoms with Gasteiger partial charge in [-0.1, -0.05) is 47.3 Å². The number of benzene rings is 2. The Hall–Kier alpha value is -1.96. The van der Waals surface area contributed by atoms with Gasteiger partial charge in [-0.25, -0.2) is 4.98 Å². The Labute approximate surface area is 151 Å². The predicted octanol–water partition coefficient (Wildman–Crippen LogP) is 4.38. The Morgan fingerprint density at radius 1 is 1.21 bits per heavy atom. The molecule has 4 rings (SSSR count). The third kappa shape index (κ3) is 2.90. The summed E-state index contributed by atoms with van der Waals surface area (Å²) >= 11 is 9.12. The molecular formula is C16H11ClN4OS2. The number of nitrogens with one attached hydrogen (secondary N) is 1. The average molecular weight is 375 g/mol. The van der Waals surface area contributed by atoms with Crippen molar-refractivity contribution in [3.05, 3.63) is 53.8 Å². The number of rotatable bonds is 3. The van der Waals surface area contributed by atoms with Crippen LogP contribution in [0, 0.1) is 0 Å². The number of nitrogens with zero attached hydrogens (tertiary/aromatic N) is 3. The number of aromatic nitrogens is 3. The first kappa shape index (κ1) is 15.6. The third-order valence-electron chi connectivity index (χ3n) is 3.46. The van der Waals surface area contributed by atoms with Crippen molar-refractivity contribution in [2.45, 2.75) is 14.9 Å². The lowest BCUT2D eigenvalue weighted by Gasteiger charge is -2.31. The van der Waals surface area contributed by atoms with E-state index in [2.05, 4.69) is 15.2 Å². The molecule has 24 heavy (non-hydrogen) atoms. The second-order valence-corrected chi connectivity index (χ2v) is 7.47. The Balaban J connectivity index is 1.70. The van der Waals surface area contributed by atoms with Crippen molar-refractivity contribution in [2.75, 3.05) is 10.7 Å². The number of aromatic amines is 1. The number of fused-ring (bicyclic) bond motifs is 2. The fourth-order valence-corrected chi connectivity index (χ4v) is 4.29. The second-order valence-electron chi connectivity index (χ2n) is 4.99. The normalized spacial score (nSPS) is 12.6. The van der Waals surface area contributed by atoms with E-state index in [0.29, 0.717) is 10.2 Å². The molecule has 120 valence electrons. The van der Waals surface area contributed by atoms with Gasteiger partial charge in [0.2, 0.25) is 5.91 Å². The van der Waals surface area contributed by atoms with Crippen LogP contribution in [0.25, 0.3) is 0 Å². The largest absolute Gasteiger partial charge is 0.278 e. The molecule has 0 fully saturated rings. The lowest BCUT2D eigenvalue weighted by Crippen LogP contribution is -2.30. The highest BCUT2D eigenvalue weighted by atomic mass is 35.5. The molecule has 0 saturated heterocycles. The molecule has 2 heterocycles. The maximum absolute atomic E-state index is 12.9. The average Bonchev–Trinajstić information content (AvgIpc) is 3.11. The van der Waals surface area contributed by atoms with E-state index in [1.165, 1.54) is 18.1 Å². The van der Waals surface area contributed by atoms with Gasteiger partial charge >= 0.3 is 0 Å². The molecule has 0 bridgehead atoms. The molecule has 0 unspecified atom stereocenters. The molecule has 0 aliphatic carbocycles. The highest BCUT2D eigenvalue weighted by molar-refractivity contribution is 8.00. The summed E-state index contributed by atoms with van der Waals surface area (Å²) < 4.78 is 0. The third-order valence-corrected chi connectivity index (χ3v) is 5.69. The summed E-state index contributed by atoms with van der Waals surface area (Å²) in [5.74, 6) is 0.216. The number of thioether (sulfide) groups is 1. The Kier molecular flexibility index (Phi) is 4.22. The highest BCUT2D eigenvalue weighted by Crippen LogP contribution is 2.48. The van der Waals surface area contributed by atoms with Crippen molar-refractivity contribution in [1.29, 1.82) is 0 Å². The van der Waals surface area contributed by atoms with Crippen molar-refractivity contribution in [3.8, 4) is 0 Å². The van der Waals surface area contributed by atoms with E-state index in [9.17, 15) is 4.79 Å². The van der Waals surface area contributed by atoms with Gasteiger partial charge in [0.15, 0.2) is 5.16 Å². The summed E-state index contributed by atoms with van der Waals surface area (Å²) in [6.45, 7) is 0. The predicted molar refractivity (Wildman–Crippen MR) is 96.3 cm³/mol. The van der Waals surface area contributed by atoms with E-state index in [-0.39, 0.29) is 11.7 Å². The zero-order valence-corrected chi connectivity index (χ0v) is 14.7. The van der Waals surface area contributed by atoms with E-state index >= 15 is 0 Å². The Bertz CT molecular complexity index is 901. The number of H-pyrrole nitrogens is 1. The minimum Gasteiger partial charge on any atom is -0.278 e. The van der Waals surface area contributed by atoms with Crippen LogP contribution in [0.2, 0.25) is 5.02 Å². The maximum Gasteiger partial charge on any atom is 0.242 e. The molecule has 1 amide bonds. The number of amides is 1. The number of hydrogen-bond donors (Lipinski definition) is 1. The topological polar surface area (TPSA) is 61.9 Å². The lowest BCUT2D eigenvalue weighted by atomic mass is 10.2. The second kappa shape index (κ2) is 6.51. The Morgan fingerprint density at radius 2 is 2.04 bits per heavy atom. The van der Waals surface area contributed by atoms with Crippen molar-refractivity contribution in [1.82, 2.24) is 15.2 Å². The molecule has 0 saturated carbocycles. The first-order chi connectivity index (χ1) is 11.7. The van der Waals surface area contributed by atoms with Crippen molar-refractivity contribution < 1.29 is 4.79 Å². The van der Waals surface area contributed by atoms with Gasteiger partial charge in [-0.3, -0.25) is 14.8 Å². The zero-order valence-electron chi connectivity index (χ0n) is 12.3. The van der Waals surface area contributed by atoms with Crippen LogP contribution in [-0.4, -0.2) is 26.8 Å². The molecule has 0 spiro atoms. The van der Waals surface area contributed by atoms with Crippen LogP contribution in [-0.2, 0) is 4.79 Å². The van der Waals surface area contributed by atoms with E-state index in [1.54, 1.807) is 16.7 Å². The summed E-state index contributed by atoms with van der Waals surface area (Å²) in [5.41, 5.74) is 1.69. The molecule has 5 nitrogen and oxygen atoms in total. The van der Waals surface area contributed by atoms with Gasteiger partial charge in [-0.15, -0.1) is 0 Å². The molecule has 8 heteroatoms. The van der Waals surface area contributed by atoms with Crippen molar-refractivity contribution >= 4 is 52.4 Å². The molecule has 1 aromatic heterocycles. The fraction of sp³-hybridized carbons (Fsp3) is 0.0625. The minimum atomic E-state index is -0.0346. The van der Waals surface area contributed by atoms with E-state index in [4.69, 9.17) is 11.6 Å². The summed E-state index contributed by atoms with van der Waals surface area (Å²) in [7, 11) is 0. The van der Waals surface area contributed by atoms with Crippen molar-refractivity contribution in [3.63, 3.8) is 0 Å². The van der Waals surface area contributed by atoms with Crippen LogP contribution in [0.4, 0.5) is 11.4 Å². The summed E-state index contributed by atoms with van der Waals surface area (Å²) in [6, 6.07) is 13.5. The molecule has 0 atom stereocenters. The minimum absolute atomic E-state index is 0.0346. The number of carbonyl (C=O) groups is 1. The highest BCUT2D eigenvalue weighted by Gasteiger charge is 2.28. The van der Waals surface area contributed by atoms with Crippen LogP contribution < -0.4 is 4.90 Å². The number of halogens is 1. The van der Waals surface area contributed by atoms with Crippen LogP contribution in [0.3, 0.4) is 0 Å². The monoisotopic (exact) mass is 374 g/mol. The fourth-order valence-electron chi connectivity index (χ4n) is 2.46. The van der Waals surface area contributed by atoms with Crippen LogP contribution in [0.15, 0.2) is 63.7 Å². The number of anilines is 2. The van der Waals surface area contributed by atoms with Gasteiger partial charge in [0.1, 0.15) is 6.33 Å². The molecule has 1 aliphatic heterocycles. The zero-order chi connectivity index (χ0) is 16.5. The maximum atomic E-state index is 12.9. The first-order valence-electron chi connectivity index (χ1n) is 7.10. The standard InChI is InChI=1S/C16H11ClN4OS2/c17-10-5-6-14-12(7-10)21(11-3-1-2-4-13(11)24-14)15(22)8-23-16-18-9-19-20-16/h1-7,9H,8H2,(H,18,19,20).